The maximum Gasteiger partial charge on any atom is 0.247 e. The van der Waals surface area contributed by atoms with Crippen LogP contribution in [-0.2, 0) is 9.59 Å². The van der Waals surface area contributed by atoms with E-state index in [0.717, 1.165) is 50.1 Å². The number of rotatable bonds is 11. The first-order valence-electron chi connectivity index (χ1n) is 14.7. The molecule has 242 valence electrons. The van der Waals surface area contributed by atoms with Crippen molar-refractivity contribution in [2.45, 2.75) is 0 Å². The van der Waals surface area contributed by atoms with Gasteiger partial charge in [0.25, 0.3) is 0 Å². The van der Waals surface area contributed by atoms with Crippen LogP contribution in [0.15, 0.2) is 84.5 Å². The first-order chi connectivity index (χ1) is 22.7. The minimum atomic E-state index is -1.11. The van der Waals surface area contributed by atoms with Crippen LogP contribution in [0.3, 0.4) is 0 Å². The number of nitrogens with one attached hydrogen (secondary N) is 2. The molecule has 0 aliphatic carbocycles. The standard InChI is InChI=1S/C34H34F2N8O3/c1-5-32(46)38-23-7-6-8-24(18-23)43(3)33-29(39-30(21-45)22-9-11-26(35)27(36)17-22)20-37-34(41-33)40-28-12-10-25(19-31(28)47-4)44-15-13-42(2)14-16-44/h5-12,17-21H,1,13-16H2,2-4H3,(H,38,46)(H,37,40,41)/b39-30+. The summed E-state index contributed by atoms with van der Waals surface area (Å²) in [6, 6.07) is 15.9. The molecule has 47 heavy (non-hydrogen) atoms. The van der Waals surface area contributed by atoms with Crippen LogP contribution < -0.4 is 25.2 Å². The van der Waals surface area contributed by atoms with Gasteiger partial charge in [0.05, 0.1) is 19.0 Å². The third-order valence-corrected chi connectivity index (χ3v) is 7.62. The Kier molecular flexibility index (Phi) is 10.2. The summed E-state index contributed by atoms with van der Waals surface area (Å²) < 4.78 is 33.3. The van der Waals surface area contributed by atoms with E-state index in [4.69, 9.17) is 9.72 Å². The average molecular weight is 641 g/mol. The molecule has 2 N–H and O–H groups in total. The Hall–Kier alpha value is -5.69. The van der Waals surface area contributed by atoms with Crippen LogP contribution in [0.1, 0.15) is 5.56 Å². The zero-order chi connectivity index (χ0) is 33.5. The van der Waals surface area contributed by atoms with E-state index in [-0.39, 0.29) is 34.6 Å². The molecular weight excluding hydrogens is 606 g/mol. The molecule has 4 aromatic rings. The van der Waals surface area contributed by atoms with Crippen molar-refractivity contribution in [2.24, 2.45) is 4.99 Å². The molecule has 1 fully saturated rings. The van der Waals surface area contributed by atoms with Crippen molar-refractivity contribution in [3.63, 3.8) is 0 Å². The number of piperazine rings is 1. The van der Waals surface area contributed by atoms with Gasteiger partial charge >= 0.3 is 0 Å². The molecule has 0 bridgehead atoms. The largest absolute Gasteiger partial charge is 0.494 e. The third kappa shape index (κ3) is 7.76. The number of aldehydes is 1. The van der Waals surface area contributed by atoms with Gasteiger partial charge in [-0.25, -0.2) is 18.8 Å². The first-order valence-corrected chi connectivity index (χ1v) is 14.7. The number of carbonyl (C=O) groups is 2. The molecule has 0 saturated carbocycles. The fraction of sp³-hybridized carbons (Fsp3) is 0.206. The van der Waals surface area contributed by atoms with Gasteiger partial charge in [0.15, 0.2) is 23.7 Å². The molecule has 1 aliphatic heterocycles. The number of aromatic nitrogens is 2. The molecule has 13 heteroatoms. The SMILES string of the molecule is C=CC(=O)Nc1cccc(N(C)c2nc(Nc3ccc(N4CCN(C)CC4)cc3OC)ncc2/N=C(\C=O)c2ccc(F)c(F)c2)c1. The second-order valence-corrected chi connectivity index (χ2v) is 10.7. The molecule has 0 unspecified atom stereocenters. The molecular formula is C34H34F2N8O3. The number of hydrogen-bond donors (Lipinski definition) is 2. The van der Waals surface area contributed by atoms with Gasteiger partial charge in [-0.3, -0.25) is 9.59 Å². The molecule has 0 atom stereocenters. The Morgan fingerprint density at radius 1 is 1.06 bits per heavy atom. The summed E-state index contributed by atoms with van der Waals surface area (Å²) in [6.45, 7) is 7.22. The number of ether oxygens (including phenoxy) is 1. The molecule has 1 aromatic heterocycles. The summed E-state index contributed by atoms with van der Waals surface area (Å²) in [5.74, 6) is -1.48. The minimum Gasteiger partial charge on any atom is -0.494 e. The highest BCUT2D eigenvalue weighted by atomic mass is 19.2. The number of benzene rings is 3. The number of likely N-dealkylation sites (N-methyl/N-ethyl adjacent to an activating group) is 1. The number of nitrogens with zero attached hydrogens (tertiary/aromatic N) is 6. The summed E-state index contributed by atoms with van der Waals surface area (Å²) >= 11 is 0. The second kappa shape index (κ2) is 14.6. The van der Waals surface area contributed by atoms with Crippen molar-refractivity contribution in [3.8, 4) is 5.75 Å². The lowest BCUT2D eigenvalue weighted by Crippen LogP contribution is -2.44. The van der Waals surface area contributed by atoms with Gasteiger partial charge in [-0.05, 0) is 61.7 Å². The smallest absolute Gasteiger partial charge is 0.247 e. The van der Waals surface area contributed by atoms with Crippen molar-refractivity contribution in [3.05, 3.63) is 96.7 Å². The van der Waals surface area contributed by atoms with Gasteiger partial charge in [-0.1, -0.05) is 12.6 Å². The van der Waals surface area contributed by atoms with E-state index in [1.807, 2.05) is 18.2 Å². The van der Waals surface area contributed by atoms with E-state index in [2.05, 4.69) is 44.0 Å². The van der Waals surface area contributed by atoms with E-state index >= 15 is 0 Å². The van der Waals surface area contributed by atoms with E-state index in [1.54, 1.807) is 43.3 Å². The fourth-order valence-electron chi connectivity index (χ4n) is 4.97. The quantitative estimate of drug-likeness (QED) is 0.125. The summed E-state index contributed by atoms with van der Waals surface area (Å²) in [7, 11) is 5.42. The predicted molar refractivity (Wildman–Crippen MR) is 180 cm³/mol. The van der Waals surface area contributed by atoms with Crippen molar-refractivity contribution in [1.82, 2.24) is 14.9 Å². The van der Waals surface area contributed by atoms with Gasteiger partial charge in [-0.15, -0.1) is 0 Å². The molecule has 0 spiro atoms. The molecule has 1 saturated heterocycles. The van der Waals surface area contributed by atoms with Gasteiger partial charge in [-0.2, -0.15) is 4.98 Å². The Labute approximate surface area is 271 Å². The Balaban J connectivity index is 1.53. The maximum atomic E-state index is 14.0. The first kappa shape index (κ1) is 32.7. The van der Waals surface area contributed by atoms with Gasteiger partial charge in [0, 0.05) is 61.9 Å². The lowest BCUT2D eigenvalue weighted by molar-refractivity contribution is -0.111. The van der Waals surface area contributed by atoms with Crippen molar-refractivity contribution in [1.29, 1.82) is 0 Å². The molecule has 11 nitrogen and oxygen atoms in total. The van der Waals surface area contributed by atoms with Crippen LogP contribution in [0, 0.1) is 11.6 Å². The number of hydrogen-bond acceptors (Lipinski definition) is 10. The van der Waals surface area contributed by atoms with Crippen LogP contribution in [0.4, 0.5) is 49.0 Å². The maximum absolute atomic E-state index is 14.0. The van der Waals surface area contributed by atoms with Crippen LogP contribution in [0.5, 0.6) is 5.75 Å². The van der Waals surface area contributed by atoms with Crippen LogP contribution in [-0.4, -0.2) is 80.2 Å². The normalized spacial score (nSPS) is 13.6. The van der Waals surface area contributed by atoms with E-state index in [0.29, 0.717) is 29.1 Å². The van der Waals surface area contributed by atoms with Gasteiger partial charge in [0.2, 0.25) is 11.9 Å². The summed E-state index contributed by atoms with van der Waals surface area (Å²) in [5.41, 5.74) is 2.88. The van der Waals surface area contributed by atoms with Crippen molar-refractivity contribution >= 4 is 58.1 Å². The molecule has 0 radical (unpaired) electrons. The number of amides is 1. The molecule has 1 amide bonds. The van der Waals surface area contributed by atoms with E-state index in [1.165, 1.54) is 12.3 Å². The topological polar surface area (TPSA) is 115 Å². The Morgan fingerprint density at radius 3 is 2.55 bits per heavy atom. The fourth-order valence-corrected chi connectivity index (χ4v) is 4.97. The molecule has 1 aliphatic rings. The van der Waals surface area contributed by atoms with E-state index in [9.17, 15) is 18.4 Å². The Morgan fingerprint density at radius 2 is 1.85 bits per heavy atom. The third-order valence-electron chi connectivity index (χ3n) is 7.62. The average Bonchev–Trinajstić information content (AvgIpc) is 3.09. The zero-order valence-electron chi connectivity index (χ0n) is 26.2. The Bertz CT molecular complexity index is 1830. The summed E-state index contributed by atoms with van der Waals surface area (Å²) in [4.78, 5) is 43.9. The molecule has 5 rings (SSSR count). The number of aliphatic imine (C=N–C) groups is 1. The minimum absolute atomic E-state index is 0.0778. The molecule has 3 aromatic carbocycles. The van der Waals surface area contributed by atoms with E-state index < -0.39 is 11.6 Å². The van der Waals surface area contributed by atoms with Gasteiger partial charge in [0.1, 0.15) is 17.1 Å². The second-order valence-electron chi connectivity index (χ2n) is 10.7. The van der Waals surface area contributed by atoms with Crippen LogP contribution in [0.2, 0.25) is 0 Å². The molecule has 2 heterocycles. The highest BCUT2D eigenvalue weighted by Gasteiger charge is 2.19. The highest BCUT2D eigenvalue weighted by Crippen LogP contribution is 2.36. The van der Waals surface area contributed by atoms with Gasteiger partial charge < -0.3 is 30.1 Å². The number of methoxy groups -OCH3 is 1. The number of halogens is 2. The zero-order valence-corrected chi connectivity index (χ0v) is 26.2. The van der Waals surface area contributed by atoms with Crippen molar-refractivity contribution in [2.75, 3.05) is 67.8 Å². The summed E-state index contributed by atoms with van der Waals surface area (Å²) in [5, 5.41) is 5.94. The monoisotopic (exact) mass is 640 g/mol. The number of carbonyl (C=O) groups excluding carboxylic acids is 2. The predicted octanol–water partition coefficient (Wildman–Crippen LogP) is 5.47. The van der Waals surface area contributed by atoms with Crippen LogP contribution >= 0.6 is 0 Å². The lowest BCUT2D eigenvalue weighted by atomic mass is 10.1. The lowest BCUT2D eigenvalue weighted by Gasteiger charge is -2.34. The van der Waals surface area contributed by atoms with Crippen molar-refractivity contribution < 1.29 is 23.1 Å². The highest BCUT2D eigenvalue weighted by molar-refractivity contribution is 6.37. The number of anilines is 6. The van der Waals surface area contributed by atoms with Crippen LogP contribution in [0.25, 0.3) is 0 Å². The summed E-state index contributed by atoms with van der Waals surface area (Å²) in [6.07, 6.45) is 3.02.